The molecule has 0 bridgehead atoms. The molecule has 4 aromatic rings. The van der Waals surface area contributed by atoms with Crippen LogP contribution in [0.25, 0.3) is 32.3 Å². The van der Waals surface area contributed by atoms with Crippen LogP contribution in [-0.4, -0.2) is 14.2 Å². The summed E-state index contributed by atoms with van der Waals surface area (Å²) in [6.07, 6.45) is 0. The maximum Gasteiger partial charge on any atom is 0.161 e. The van der Waals surface area contributed by atoms with E-state index in [9.17, 15) is 0 Å². The molecule has 0 aliphatic heterocycles. The van der Waals surface area contributed by atoms with Crippen LogP contribution >= 0.6 is 0 Å². The fourth-order valence-electron chi connectivity index (χ4n) is 3.02. The number of fused-ring (bicyclic) bond motifs is 3. The zero-order valence-corrected chi connectivity index (χ0v) is 12.6. The highest BCUT2D eigenvalue weighted by atomic mass is 16.5. The molecular formula is C20H16O2. The van der Waals surface area contributed by atoms with Gasteiger partial charge in [-0.15, -0.1) is 0 Å². The fraction of sp³-hybridized carbons (Fsp3) is 0.100. The van der Waals surface area contributed by atoms with Crippen LogP contribution in [0.2, 0.25) is 0 Å². The van der Waals surface area contributed by atoms with E-state index in [0.29, 0.717) is 0 Å². The van der Waals surface area contributed by atoms with E-state index in [1.54, 1.807) is 14.2 Å². The first-order valence-electron chi connectivity index (χ1n) is 7.27. The molecule has 0 N–H and O–H groups in total. The van der Waals surface area contributed by atoms with Crippen LogP contribution in [0, 0.1) is 0 Å². The van der Waals surface area contributed by atoms with Crippen molar-refractivity contribution < 1.29 is 9.47 Å². The molecular weight excluding hydrogens is 272 g/mol. The summed E-state index contributed by atoms with van der Waals surface area (Å²) in [5.74, 6) is 1.52. The van der Waals surface area contributed by atoms with Gasteiger partial charge in [0.1, 0.15) is 0 Å². The molecule has 2 heteroatoms. The van der Waals surface area contributed by atoms with Crippen molar-refractivity contribution in [1.82, 2.24) is 0 Å². The van der Waals surface area contributed by atoms with Gasteiger partial charge in [-0.3, -0.25) is 0 Å². The van der Waals surface area contributed by atoms with E-state index in [1.165, 1.54) is 21.5 Å². The summed E-state index contributed by atoms with van der Waals surface area (Å²) in [6, 6.07) is 21.4. The lowest BCUT2D eigenvalue weighted by atomic mass is 9.99. The Balaban J connectivity index is 2.07. The number of hydrogen-bond donors (Lipinski definition) is 0. The van der Waals surface area contributed by atoms with Crippen molar-refractivity contribution in [3.05, 3.63) is 60.7 Å². The Kier molecular flexibility index (Phi) is 2.90. The Hall–Kier alpha value is -2.74. The van der Waals surface area contributed by atoms with E-state index in [4.69, 9.17) is 9.47 Å². The van der Waals surface area contributed by atoms with Gasteiger partial charge in [-0.25, -0.2) is 0 Å². The van der Waals surface area contributed by atoms with Crippen LogP contribution in [0.4, 0.5) is 0 Å². The number of ether oxygens (including phenoxy) is 2. The lowest BCUT2D eigenvalue weighted by Gasteiger charge is -2.10. The van der Waals surface area contributed by atoms with Gasteiger partial charge in [0, 0.05) is 0 Å². The third-order valence-corrected chi connectivity index (χ3v) is 4.16. The molecule has 4 aromatic carbocycles. The molecule has 4 rings (SSSR count). The van der Waals surface area contributed by atoms with Gasteiger partial charge in [0.25, 0.3) is 0 Å². The van der Waals surface area contributed by atoms with E-state index in [0.717, 1.165) is 22.3 Å². The normalized spacial score (nSPS) is 11.2. The van der Waals surface area contributed by atoms with Gasteiger partial charge in [0.15, 0.2) is 11.5 Å². The predicted octanol–water partition coefficient (Wildman–Crippen LogP) is 5.16. The van der Waals surface area contributed by atoms with E-state index in [-0.39, 0.29) is 0 Å². The van der Waals surface area contributed by atoms with E-state index >= 15 is 0 Å². The molecule has 0 amide bonds. The summed E-state index contributed by atoms with van der Waals surface area (Å²) >= 11 is 0. The zero-order chi connectivity index (χ0) is 15.1. The van der Waals surface area contributed by atoms with Crippen molar-refractivity contribution in [3.63, 3.8) is 0 Å². The average molecular weight is 288 g/mol. The Morgan fingerprint density at radius 1 is 0.500 bits per heavy atom. The van der Waals surface area contributed by atoms with Crippen molar-refractivity contribution in [1.29, 1.82) is 0 Å². The second-order valence-corrected chi connectivity index (χ2v) is 5.45. The lowest BCUT2D eigenvalue weighted by Crippen LogP contribution is -1.90. The maximum absolute atomic E-state index is 5.40. The summed E-state index contributed by atoms with van der Waals surface area (Å²) in [4.78, 5) is 0. The van der Waals surface area contributed by atoms with Crippen molar-refractivity contribution >= 4 is 32.3 Å². The second-order valence-electron chi connectivity index (χ2n) is 5.45. The first kappa shape index (κ1) is 13.0. The minimum Gasteiger partial charge on any atom is -0.493 e. The van der Waals surface area contributed by atoms with Crippen LogP contribution in [0.1, 0.15) is 0 Å². The zero-order valence-electron chi connectivity index (χ0n) is 12.6. The van der Waals surface area contributed by atoms with Crippen LogP contribution in [-0.2, 0) is 0 Å². The molecule has 0 atom stereocenters. The van der Waals surface area contributed by atoms with Crippen molar-refractivity contribution in [2.75, 3.05) is 14.2 Å². The molecule has 0 saturated carbocycles. The van der Waals surface area contributed by atoms with Gasteiger partial charge in [0.05, 0.1) is 14.2 Å². The Morgan fingerprint density at radius 2 is 0.864 bits per heavy atom. The molecule has 0 aromatic heterocycles. The Labute approximate surface area is 128 Å². The van der Waals surface area contributed by atoms with Gasteiger partial charge < -0.3 is 9.47 Å². The fourth-order valence-corrected chi connectivity index (χ4v) is 3.02. The molecule has 0 heterocycles. The highest BCUT2D eigenvalue weighted by Gasteiger charge is 2.07. The predicted molar refractivity (Wildman–Crippen MR) is 92.1 cm³/mol. The third kappa shape index (κ3) is 1.96. The summed E-state index contributed by atoms with van der Waals surface area (Å²) in [6.45, 7) is 0. The minimum absolute atomic E-state index is 0.759. The topological polar surface area (TPSA) is 18.5 Å². The summed E-state index contributed by atoms with van der Waals surface area (Å²) in [5.41, 5.74) is 0. The monoisotopic (exact) mass is 288 g/mol. The SMILES string of the molecule is COc1cc2cc3cc4ccccc4cc3cc2cc1OC. The average Bonchev–Trinajstić information content (AvgIpc) is 2.56. The van der Waals surface area contributed by atoms with Gasteiger partial charge in [0.2, 0.25) is 0 Å². The molecule has 0 aliphatic rings. The third-order valence-electron chi connectivity index (χ3n) is 4.16. The summed E-state index contributed by atoms with van der Waals surface area (Å²) < 4.78 is 10.8. The first-order valence-corrected chi connectivity index (χ1v) is 7.27. The second kappa shape index (κ2) is 4.92. The Morgan fingerprint density at radius 3 is 1.27 bits per heavy atom. The quantitative estimate of drug-likeness (QED) is 0.474. The van der Waals surface area contributed by atoms with E-state index in [2.05, 4.69) is 48.5 Å². The number of rotatable bonds is 2. The molecule has 2 nitrogen and oxygen atoms in total. The molecule has 0 fully saturated rings. The van der Waals surface area contributed by atoms with Crippen LogP contribution in [0.5, 0.6) is 11.5 Å². The first-order chi connectivity index (χ1) is 10.8. The molecule has 0 aliphatic carbocycles. The lowest BCUT2D eigenvalue weighted by molar-refractivity contribution is 0.356. The summed E-state index contributed by atoms with van der Waals surface area (Å²) in [7, 11) is 3.33. The largest absolute Gasteiger partial charge is 0.493 e. The van der Waals surface area contributed by atoms with Crippen LogP contribution in [0.3, 0.4) is 0 Å². The van der Waals surface area contributed by atoms with Gasteiger partial charge >= 0.3 is 0 Å². The number of hydrogen-bond acceptors (Lipinski definition) is 2. The molecule has 0 radical (unpaired) electrons. The number of methoxy groups -OCH3 is 2. The van der Waals surface area contributed by atoms with E-state index in [1.807, 2.05) is 12.1 Å². The summed E-state index contributed by atoms with van der Waals surface area (Å²) in [5, 5.41) is 7.29. The van der Waals surface area contributed by atoms with Crippen LogP contribution in [0.15, 0.2) is 60.7 Å². The van der Waals surface area contributed by atoms with Crippen molar-refractivity contribution in [2.24, 2.45) is 0 Å². The van der Waals surface area contributed by atoms with Gasteiger partial charge in [-0.05, 0) is 68.7 Å². The highest BCUT2D eigenvalue weighted by Crippen LogP contribution is 2.35. The van der Waals surface area contributed by atoms with Crippen molar-refractivity contribution in [2.45, 2.75) is 0 Å². The van der Waals surface area contributed by atoms with Crippen molar-refractivity contribution in [3.8, 4) is 11.5 Å². The highest BCUT2D eigenvalue weighted by molar-refractivity contribution is 6.05. The maximum atomic E-state index is 5.40. The van der Waals surface area contributed by atoms with Crippen LogP contribution < -0.4 is 9.47 Å². The molecule has 108 valence electrons. The molecule has 0 unspecified atom stereocenters. The molecule has 22 heavy (non-hydrogen) atoms. The van der Waals surface area contributed by atoms with E-state index < -0.39 is 0 Å². The minimum atomic E-state index is 0.759. The Bertz CT molecular complexity index is 921. The van der Waals surface area contributed by atoms with Gasteiger partial charge in [-0.1, -0.05) is 24.3 Å². The molecule has 0 spiro atoms. The number of benzene rings is 4. The van der Waals surface area contributed by atoms with Gasteiger partial charge in [-0.2, -0.15) is 0 Å². The standard InChI is InChI=1S/C20H16O2/c1-21-19-11-17-9-15-7-13-5-3-4-6-14(13)8-16(15)10-18(17)12-20(19)22-2/h3-12H,1-2H3. The molecule has 0 saturated heterocycles. The smallest absolute Gasteiger partial charge is 0.161 e.